The fourth-order valence-corrected chi connectivity index (χ4v) is 16.7. The molecule has 0 fully saturated rings. The van der Waals surface area contributed by atoms with Crippen molar-refractivity contribution in [2.45, 2.75) is 168 Å². The number of allylic oxidation sites excluding steroid dienone is 10. The van der Waals surface area contributed by atoms with Gasteiger partial charge in [0.25, 0.3) is 0 Å². The molecule has 0 radical (unpaired) electrons. The van der Waals surface area contributed by atoms with Gasteiger partial charge in [-0.05, 0) is 120 Å². The summed E-state index contributed by atoms with van der Waals surface area (Å²) in [6.07, 6.45) is 21.7. The van der Waals surface area contributed by atoms with E-state index in [-0.39, 0.29) is 45.4 Å². The molecular formula is C84H90N4O4. The minimum absolute atomic E-state index is 0.203. The molecule has 470 valence electrons. The first-order valence-electron chi connectivity index (χ1n) is 34.1. The summed E-state index contributed by atoms with van der Waals surface area (Å²) in [6, 6.07) is 47.5. The number of hydrogen-bond donors (Lipinski definition) is 0. The molecule has 8 heteroatoms. The molecule has 0 amide bonds. The van der Waals surface area contributed by atoms with Crippen LogP contribution in [0.3, 0.4) is 0 Å². The van der Waals surface area contributed by atoms with Gasteiger partial charge in [-0.3, -0.25) is 9.59 Å². The summed E-state index contributed by atoms with van der Waals surface area (Å²) in [4.78, 5) is 33.8. The van der Waals surface area contributed by atoms with E-state index < -0.39 is 21.7 Å². The molecule has 0 unspecified atom stereocenters. The second kappa shape index (κ2) is 23.8. The molecule has 0 saturated carbocycles. The van der Waals surface area contributed by atoms with Gasteiger partial charge < -0.3 is 20.0 Å². The van der Waals surface area contributed by atoms with Gasteiger partial charge in [0.1, 0.15) is 14.1 Å². The quantitative estimate of drug-likeness (QED) is 0.0429. The van der Waals surface area contributed by atoms with E-state index in [1.165, 1.54) is 95.4 Å². The van der Waals surface area contributed by atoms with E-state index in [1.54, 1.807) is 0 Å². The summed E-state index contributed by atoms with van der Waals surface area (Å²) in [5.74, 6) is -0.812. The number of carbonyl (C=O) groups is 2. The molecule has 7 aromatic carbocycles. The van der Waals surface area contributed by atoms with Crippen molar-refractivity contribution in [3.8, 4) is 22.3 Å². The molecule has 13 rings (SSSR count). The van der Waals surface area contributed by atoms with E-state index in [2.05, 4.69) is 222 Å². The Morgan fingerprint density at radius 1 is 0.402 bits per heavy atom. The molecule has 6 aliphatic rings. The Morgan fingerprint density at radius 3 is 1.15 bits per heavy atom. The lowest BCUT2D eigenvalue weighted by Crippen LogP contribution is -2.35. The molecule has 0 aromatic heterocycles. The fourth-order valence-electron chi connectivity index (χ4n) is 16.7. The third-order valence-corrected chi connectivity index (χ3v) is 21.6. The SMILES string of the molecule is CCCCCCCCN1/C(=C\C2=C([O-])C(=C/C3=[N+](C)c4cccc(-c5ccc(-c6cccc7c6C(C)(C)C(/C=C6/C(=O)C(/C=C8/N(CCCCCCCC)c9ccc%10ccccc%10c9C8(C)C)=C6[O-])=[N+]7C)cc5)c4C3(C)C)/C2=O)C(C)(C)c2c1ccc1ccccc21. The van der Waals surface area contributed by atoms with E-state index in [0.717, 1.165) is 106 Å². The average molecular weight is 1220 g/mol. The van der Waals surface area contributed by atoms with Gasteiger partial charge in [0.15, 0.2) is 23.0 Å². The van der Waals surface area contributed by atoms with Gasteiger partial charge in [-0.15, -0.1) is 0 Å². The van der Waals surface area contributed by atoms with Crippen molar-refractivity contribution >= 4 is 67.3 Å². The van der Waals surface area contributed by atoms with Crippen molar-refractivity contribution in [1.82, 2.24) is 0 Å². The van der Waals surface area contributed by atoms with Crippen molar-refractivity contribution in [2.75, 3.05) is 37.0 Å². The average Bonchev–Trinajstić information content (AvgIpc) is 1.54. The predicted octanol–water partition coefficient (Wildman–Crippen LogP) is 17.7. The molecule has 2 aliphatic carbocycles. The minimum atomic E-state index is -0.554. The number of rotatable bonds is 20. The van der Waals surface area contributed by atoms with Crippen LogP contribution in [0.25, 0.3) is 43.8 Å². The second-order valence-corrected chi connectivity index (χ2v) is 28.9. The number of hydrogen-bond acceptors (Lipinski definition) is 6. The number of carbonyl (C=O) groups excluding carboxylic acids is 2. The maximum atomic E-state index is 14.5. The molecule has 4 heterocycles. The predicted molar refractivity (Wildman–Crippen MR) is 377 cm³/mol. The molecular weight excluding hydrogens is 1130 g/mol. The summed E-state index contributed by atoms with van der Waals surface area (Å²) in [7, 11) is 4.08. The highest BCUT2D eigenvalue weighted by Gasteiger charge is 2.50. The summed E-state index contributed by atoms with van der Waals surface area (Å²) >= 11 is 0. The van der Waals surface area contributed by atoms with Crippen molar-refractivity contribution in [3.05, 3.63) is 225 Å². The van der Waals surface area contributed by atoms with Gasteiger partial charge in [-0.2, -0.15) is 9.15 Å². The molecule has 92 heavy (non-hydrogen) atoms. The highest BCUT2D eigenvalue weighted by Crippen LogP contribution is 2.55. The van der Waals surface area contributed by atoms with Crippen molar-refractivity contribution in [1.29, 1.82) is 0 Å². The zero-order valence-electron chi connectivity index (χ0n) is 56.3. The van der Waals surface area contributed by atoms with E-state index in [1.807, 2.05) is 38.4 Å². The standard InChI is InChI=1S/C84H90N4O4/c1-13-15-17-19-21-27-47-87-67-45-43-53-31-23-25-33-57(53)75(67)83(7,8)71(87)51-63-77(89)61(78(63)90)49-69-81(3,4)73-59(35-29-37-65(73)85(69)11)55-39-41-56(42-40-55)60-36-30-38-66-74(60)82(5,6)70(86(66)12)50-62-79(91)64(80(62)92)52-72-84(9,10)76-58-34-26-24-32-54(58)44-46-68(76)88(72)48-28-22-20-18-16-14-2/h23-26,29-46,49-52H,13-22,27-28,47-48H2,1-12H3. The largest absolute Gasteiger partial charge is 0.871 e. The van der Waals surface area contributed by atoms with Crippen LogP contribution in [-0.4, -0.2) is 59.3 Å². The van der Waals surface area contributed by atoms with Crippen LogP contribution < -0.4 is 20.0 Å². The number of benzene rings is 7. The smallest absolute Gasteiger partial charge is 0.210 e. The number of anilines is 2. The summed E-state index contributed by atoms with van der Waals surface area (Å²) < 4.78 is 4.30. The first-order chi connectivity index (χ1) is 44.1. The fraction of sp³-hybridized carbons (Fsp3) is 0.357. The molecule has 4 aliphatic heterocycles. The van der Waals surface area contributed by atoms with Crippen molar-refractivity contribution in [2.24, 2.45) is 0 Å². The van der Waals surface area contributed by atoms with Gasteiger partial charge in [-0.25, -0.2) is 0 Å². The van der Waals surface area contributed by atoms with Crippen LogP contribution in [0.2, 0.25) is 0 Å². The van der Waals surface area contributed by atoms with E-state index in [0.29, 0.717) is 0 Å². The lowest BCUT2D eigenvalue weighted by molar-refractivity contribution is -0.401. The van der Waals surface area contributed by atoms with Crippen LogP contribution in [0.15, 0.2) is 203 Å². The van der Waals surface area contributed by atoms with Crippen molar-refractivity contribution < 1.29 is 29.0 Å². The lowest BCUT2D eigenvalue weighted by Gasteiger charge is -2.33. The van der Waals surface area contributed by atoms with Gasteiger partial charge in [0.2, 0.25) is 11.4 Å². The summed E-state index contributed by atoms with van der Waals surface area (Å²) in [6.45, 7) is 23.9. The molecule has 7 aromatic rings. The van der Waals surface area contributed by atoms with Crippen LogP contribution in [-0.2, 0) is 31.2 Å². The van der Waals surface area contributed by atoms with E-state index >= 15 is 0 Å². The monoisotopic (exact) mass is 1220 g/mol. The zero-order chi connectivity index (χ0) is 64.8. The van der Waals surface area contributed by atoms with Crippen LogP contribution >= 0.6 is 0 Å². The second-order valence-electron chi connectivity index (χ2n) is 28.9. The van der Waals surface area contributed by atoms with E-state index in [9.17, 15) is 19.8 Å². The van der Waals surface area contributed by atoms with E-state index in [4.69, 9.17) is 0 Å². The Labute approximate surface area is 545 Å². The first-order valence-corrected chi connectivity index (χ1v) is 34.1. The topological polar surface area (TPSA) is 92.8 Å². The number of ketones is 2. The minimum Gasteiger partial charge on any atom is -0.871 e. The Balaban J connectivity index is 0.758. The maximum Gasteiger partial charge on any atom is 0.210 e. The number of fused-ring (bicyclic) bond motifs is 8. The first kappa shape index (κ1) is 62.2. The Bertz CT molecular complexity index is 4220. The van der Waals surface area contributed by atoms with Crippen LogP contribution in [0.5, 0.6) is 0 Å². The van der Waals surface area contributed by atoms with Crippen LogP contribution in [0.1, 0.15) is 169 Å². The highest BCUT2D eigenvalue weighted by atomic mass is 16.3. The summed E-state index contributed by atoms with van der Waals surface area (Å²) in [5, 5.41) is 33.8. The molecule has 0 bridgehead atoms. The molecule has 0 N–H and O–H groups in total. The molecule has 8 nitrogen and oxygen atoms in total. The van der Waals surface area contributed by atoms with Crippen LogP contribution in [0.4, 0.5) is 22.7 Å². The van der Waals surface area contributed by atoms with Gasteiger partial charge in [0, 0.05) is 104 Å². The normalized spacial score (nSPS) is 20.0. The lowest BCUT2D eigenvalue weighted by atomic mass is 9.75. The summed E-state index contributed by atoms with van der Waals surface area (Å²) in [5.41, 5.74) is 16.3. The molecule has 0 spiro atoms. The third kappa shape index (κ3) is 9.99. The molecule has 0 saturated heterocycles. The highest BCUT2D eigenvalue weighted by molar-refractivity contribution is 6.25. The van der Waals surface area contributed by atoms with Gasteiger partial charge >= 0.3 is 0 Å². The van der Waals surface area contributed by atoms with Gasteiger partial charge in [-0.1, -0.05) is 226 Å². The molecule has 0 atom stereocenters. The number of nitrogens with zero attached hydrogens (tertiary/aromatic N) is 4. The number of unbranched alkanes of at least 4 members (excludes halogenated alkanes) is 10. The Kier molecular flexibility index (Phi) is 16.1. The van der Waals surface area contributed by atoms with Gasteiger partial charge in [0.05, 0.1) is 10.8 Å². The van der Waals surface area contributed by atoms with Crippen LogP contribution in [0, 0.1) is 0 Å². The third-order valence-electron chi connectivity index (χ3n) is 21.6. The maximum absolute atomic E-state index is 14.5. The zero-order valence-corrected chi connectivity index (χ0v) is 56.3. The Morgan fingerprint density at radius 2 is 0.772 bits per heavy atom. The Hall–Kier alpha value is -8.62. The number of Topliss-reactive ketones (excluding diaryl/α,β-unsaturated/α-hetero) is 2. The van der Waals surface area contributed by atoms with Crippen molar-refractivity contribution in [3.63, 3.8) is 0 Å².